The summed E-state index contributed by atoms with van der Waals surface area (Å²) >= 11 is 3.44. The number of benzene rings is 2. The first-order valence-electron chi connectivity index (χ1n) is 8.45. The number of methoxy groups -OCH3 is 1. The van der Waals surface area contributed by atoms with E-state index in [4.69, 9.17) is 18.9 Å². The van der Waals surface area contributed by atoms with Crippen molar-refractivity contribution in [2.75, 3.05) is 20.3 Å². The van der Waals surface area contributed by atoms with Crippen LogP contribution in [0.25, 0.3) is 0 Å². The zero-order valence-corrected chi connectivity index (χ0v) is 16.8. The van der Waals surface area contributed by atoms with Crippen LogP contribution in [0.2, 0.25) is 0 Å². The van der Waals surface area contributed by atoms with Gasteiger partial charge in [-0.25, -0.2) is 5.43 Å². The van der Waals surface area contributed by atoms with Gasteiger partial charge in [0.05, 0.1) is 17.8 Å². The summed E-state index contributed by atoms with van der Waals surface area (Å²) < 4.78 is 22.8. The van der Waals surface area contributed by atoms with Crippen LogP contribution in [0.4, 0.5) is 0 Å². The number of fused-ring (bicyclic) bond motifs is 1. The van der Waals surface area contributed by atoms with Crippen LogP contribution >= 0.6 is 15.9 Å². The number of ether oxygens (including phenoxy) is 4. The minimum atomic E-state index is -0.775. The first-order valence-corrected chi connectivity index (χ1v) is 9.24. The number of carbonyl (C=O) groups excluding carboxylic acids is 1. The molecule has 0 aromatic heterocycles. The summed E-state index contributed by atoms with van der Waals surface area (Å²) in [6.07, 6.45) is 2.37. The lowest BCUT2D eigenvalue weighted by atomic mass is 10.2. The van der Waals surface area contributed by atoms with Crippen molar-refractivity contribution in [1.29, 1.82) is 0 Å². The number of halogens is 1. The number of amides is 1. The van der Waals surface area contributed by atoms with Gasteiger partial charge in [-0.15, -0.1) is 0 Å². The van der Waals surface area contributed by atoms with Crippen LogP contribution in [-0.2, 0) is 4.79 Å². The molecule has 1 amide bonds. The summed E-state index contributed by atoms with van der Waals surface area (Å²) in [5.41, 5.74) is 3.17. The molecule has 0 aliphatic carbocycles. The Kier molecular flexibility index (Phi) is 6.54. The Labute approximate surface area is 171 Å². The summed E-state index contributed by atoms with van der Waals surface area (Å²) in [5.74, 6) is 1.84. The van der Waals surface area contributed by atoms with E-state index in [-0.39, 0.29) is 6.61 Å². The normalized spacial score (nSPS) is 15.1. The molecular weight excluding hydrogens is 428 g/mol. The Morgan fingerprint density at radius 2 is 2.18 bits per heavy atom. The summed E-state index contributed by atoms with van der Waals surface area (Å²) in [6, 6.07) is 10.7. The van der Waals surface area contributed by atoms with Gasteiger partial charge in [0.15, 0.2) is 23.0 Å². The Morgan fingerprint density at radius 3 is 2.93 bits per heavy atom. The average molecular weight is 447 g/mol. The predicted molar refractivity (Wildman–Crippen MR) is 108 cm³/mol. The maximum absolute atomic E-state index is 12.3. The first kappa shape index (κ1) is 19.8. The molecule has 7 nitrogen and oxygen atoms in total. The van der Waals surface area contributed by atoms with E-state index < -0.39 is 12.0 Å². The third-order valence-corrected chi connectivity index (χ3v) is 4.38. The summed E-state index contributed by atoms with van der Waals surface area (Å²) in [7, 11) is 1.55. The van der Waals surface area contributed by atoms with Gasteiger partial charge in [-0.3, -0.25) is 4.79 Å². The molecule has 1 N–H and O–H groups in total. The highest BCUT2D eigenvalue weighted by Gasteiger charge is 2.27. The van der Waals surface area contributed by atoms with E-state index in [1.54, 1.807) is 37.5 Å². The second-order valence-corrected chi connectivity index (χ2v) is 6.59. The summed E-state index contributed by atoms with van der Waals surface area (Å²) in [6.45, 7) is 4.10. The average Bonchev–Trinajstić information content (AvgIpc) is 2.72. The molecule has 0 spiro atoms. The number of hydrogen-bond acceptors (Lipinski definition) is 6. The van der Waals surface area contributed by atoms with E-state index in [0.29, 0.717) is 39.6 Å². The van der Waals surface area contributed by atoms with E-state index in [0.717, 1.165) is 0 Å². The molecule has 3 rings (SSSR count). The number of para-hydroxylation sites is 2. The maximum atomic E-state index is 12.3. The number of hydrazone groups is 1. The van der Waals surface area contributed by atoms with Gasteiger partial charge in [-0.2, -0.15) is 5.10 Å². The number of carbonyl (C=O) groups is 1. The second kappa shape index (κ2) is 9.27. The van der Waals surface area contributed by atoms with Crippen molar-refractivity contribution in [2.45, 2.75) is 6.10 Å². The van der Waals surface area contributed by atoms with Gasteiger partial charge >= 0.3 is 0 Å². The SMILES string of the molecule is C=CCOc1c(Br)cc(/C=N\NC(=O)[C@H]2COc3ccccc3O2)cc1OC. The monoisotopic (exact) mass is 446 g/mol. The van der Waals surface area contributed by atoms with E-state index in [1.165, 1.54) is 6.21 Å². The lowest BCUT2D eigenvalue weighted by Gasteiger charge is -2.24. The molecule has 0 bridgehead atoms. The molecule has 2 aromatic carbocycles. The first-order chi connectivity index (χ1) is 13.6. The molecule has 0 radical (unpaired) electrons. The number of nitrogens with one attached hydrogen (secondary N) is 1. The molecule has 0 unspecified atom stereocenters. The maximum Gasteiger partial charge on any atom is 0.284 e. The molecule has 146 valence electrons. The van der Waals surface area contributed by atoms with Gasteiger partial charge in [-0.05, 0) is 45.8 Å². The van der Waals surface area contributed by atoms with Crippen molar-refractivity contribution in [2.24, 2.45) is 5.10 Å². The van der Waals surface area contributed by atoms with Crippen molar-refractivity contribution in [3.05, 3.63) is 59.1 Å². The zero-order chi connectivity index (χ0) is 19.9. The Balaban J connectivity index is 1.63. The van der Waals surface area contributed by atoms with E-state index >= 15 is 0 Å². The molecule has 0 fully saturated rings. The topological polar surface area (TPSA) is 78.4 Å². The highest BCUT2D eigenvalue weighted by molar-refractivity contribution is 9.10. The molecular formula is C20H19BrN2O5. The van der Waals surface area contributed by atoms with Crippen molar-refractivity contribution < 1.29 is 23.7 Å². The number of hydrogen-bond donors (Lipinski definition) is 1. The lowest BCUT2D eigenvalue weighted by molar-refractivity contribution is -0.130. The lowest BCUT2D eigenvalue weighted by Crippen LogP contribution is -2.42. The van der Waals surface area contributed by atoms with Crippen molar-refractivity contribution >= 4 is 28.1 Å². The standard InChI is InChI=1S/C20H19BrN2O5/c1-3-8-26-19-14(21)9-13(10-17(19)25-2)11-22-23-20(24)18-12-27-15-6-4-5-7-16(15)28-18/h3-7,9-11,18H,1,8,12H2,2H3,(H,23,24)/b22-11-/t18-/m1/s1. The van der Waals surface area contributed by atoms with Crippen LogP contribution in [0.5, 0.6) is 23.0 Å². The van der Waals surface area contributed by atoms with Crippen LogP contribution in [0.1, 0.15) is 5.56 Å². The largest absolute Gasteiger partial charge is 0.493 e. The molecule has 8 heteroatoms. The van der Waals surface area contributed by atoms with E-state index in [2.05, 4.69) is 33.0 Å². The van der Waals surface area contributed by atoms with Crippen LogP contribution in [0.15, 0.2) is 58.6 Å². The fourth-order valence-corrected chi connectivity index (χ4v) is 3.06. The van der Waals surface area contributed by atoms with Gasteiger partial charge in [0.1, 0.15) is 13.2 Å². The van der Waals surface area contributed by atoms with Gasteiger partial charge in [0.2, 0.25) is 6.10 Å². The van der Waals surface area contributed by atoms with Crippen molar-refractivity contribution in [1.82, 2.24) is 5.43 Å². The van der Waals surface area contributed by atoms with E-state index in [9.17, 15) is 4.79 Å². The molecule has 28 heavy (non-hydrogen) atoms. The smallest absolute Gasteiger partial charge is 0.284 e. The molecule has 2 aromatic rings. The highest BCUT2D eigenvalue weighted by Crippen LogP contribution is 2.36. The van der Waals surface area contributed by atoms with Gasteiger partial charge in [0, 0.05) is 0 Å². The number of nitrogens with zero attached hydrogens (tertiary/aromatic N) is 1. The third-order valence-electron chi connectivity index (χ3n) is 3.79. The molecule has 1 aliphatic rings. The summed E-state index contributed by atoms with van der Waals surface area (Å²) in [5, 5.41) is 3.99. The molecule has 1 atom stereocenters. The Bertz CT molecular complexity index is 900. The van der Waals surface area contributed by atoms with Crippen LogP contribution in [0, 0.1) is 0 Å². The van der Waals surface area contributed by atoms with E-state index in [1.807, 2.05) is 12.1 Å². The molecule has 1 aliphatic heterocycles. The van der Waals surface area contributed by atoms with Crippen molar-refractivity contribution in [3.8, 4) is 23.0 Å². The molecule has 1 heterocycles. The fourth-order valence-electron chi connectivity index (χ4n) is 2.49. The van der Waals surface area contributed by atoms with Crippen LogP contribution < -0.4 is 24.4 Å². The second-order valence-electron chi connectivity index (χ2n) is 5.73. The van der Waals surface area contributed by atoms with Crippen LogP contribution in [-0.4, -0.2) is 38.5 Å². The van der Waals surface area contributed by atoms with Gasteiger partial charge in [-0.1, -0.05) is 24.8 Å². The van der Waals surface area contributed by atoms with Crippen molar-refractivity contribution in [3.63, 3.8) is 0 Å². The Hall–Kier alpha value is -3.00. The van der Waals surface area contributed by atoms with Crippen LogP contribution in [0.3, 0.4) is 0 Å². The Morgan fingerprint density at radius 1 is 1.39 bits per heavy atom. The zero-order valence-electron chi connectivity index (χ0n) is 15.2. The van der Waals surface area contributed by atoms with Gasteiger partial charge < -0.3 is 18.9 Å². The van der Waals surface area contributed by atoms with Gasteiger partial charge in [0.25, 0.3) is 5.91 Å². The molecule has 0 saturated carbocycles. The fraction of sp³-hybridized carbons (Fsp3) is 0.200. The quantitative estimate of drug-likeness (QED) is 0.401. The predicted octanol–water partition coefficient (Wildman–Crippen LogP) is 3.31. The minimum absolute atomic E-state index is 0.118. The third kappa shape index (κ3) is 4.64. The number of rotatable bonds is 7. The minimum Gasteiger partial charge on any atom is -0.493 e. The summed E-state index contributed by atoms with van der Waals surface area (Å²) in [4.78, 5) is 12.3. The highest BCUT2D eigenvalue weighted by atomic mass is 79.9. The molecule has 0 saturated heterocycles.